The van der Waals surface area contributed by atoms with Crippen LogP contribution in [0.5, 0.6) is 5.75 Å². The monoisotopic (exact) mass is 415 g/mol. The Balaban J connectivity index is 1.76. The normalized spacial score (nSPS) is 10.9. The van der Waals surface area contributed by atoms with Crippen molar-refractivity contribution in [2.75, 3.05) is 7.11 Å². The topological polar surface area (TPSA) is 55.6 Å². The number of carbonyl (C=O) groups excluding carboxylic acids is 1. The van der Waals surface area contributed by atoms with E-state index in [1.54, 1.807) is 30.3 Å². The Morgan fingerprint density at radius 1 is 1.23 bits per heavy atom. The fourth-order valence-corrected chi connectivity index (χ4v) is 2.77. The number of hydrogen-bond acceptors (Lipinski definition) is 3. The molecular formula is C19H15BrFN3O2. The zero-order chi connectivity index (χ0) is 18.5. The summed E-state index contributed by atoms with van der Waals surface area (Å²) in [5, 5.41) is 4.01. The Kier molecular flexibility index (Phi) is 5.48. The number of rotatable bonds is 5. The van der Waals surface area contributed by atoms with Crippen LogP contribution in [0.3, 0.4) is 0 Å². The van der Waals surface area contributed by atoms with Crippen molar-refractivity contribution in [3.63, 3.8) is 0 Å². The molecule has 0 aliphatic rings. The molecule has 2 aromatic carbocycles. The van der Waals surface area contributed by atoms with Gasteiger partial charge in [0, 0.05) is 16.4 Å². The number of nitrogens with one attached hydrogen (secondary N) is 1. The number of aromatic nitrogens is 1. The van der Waals surface area contributed by atoms with Crippen molar-refractivity contribution in [1.82, 2.24) is 9.99 Å². The van der Waals surface area contributed by atoms with Crippen molar-refractivity contribution >= 4 is 28.1 Å². The molecule has 3 aromatic rings. The van der Waals surface area contributed by atoms with E-state index in [0.29, 0.717) is 11.3 Å². The lowest BCUT2D eigenvalue weighted by Gasteiger charge is -2.08. The summed E-state index contributed by atoms with van der Waals surface area (Å²) in [7, 11) is 1.50. The lowest BCUT2D eigenvalue weighted by Crippen LogP contribution is -2.18. The Labute approximate surface area is 158 Å². The highest BCUT2D eigenvalue weighted by atomic mass is 79.9. The summed E-state index contributed by atoms with van der Waals surface area (Å²) in [5.41, 5.74) is 4.38. The smallest absolute Gasteiger partial charge is 0.275 e. The van der Waals surface area contributed by atoms with E-state index in [1.165, 1.54) is 25.5 Å². The first-order valence-electron chi connectivity index (χ1n) is 7.69. The summed E-state index contributed by atoms with van der Waals surface area (Å²) in [5.74, 6) is -0.235. The molecule has 0 fully saturated rings. The van der Waals surface area contributed by atoms with Crippen molar-refractivity contribution in [1.29, 1.82) is 0 Å². The molecule has 26 heavy (non-hydrogen) atoms. The Bertz CT molecular complexity index is 952. The number of hydrazone groups is 1. The van der Waals surface area contributed by atoms with E-state index in [0.717, 1.165) is 15.9 Å². The summed E-state index contributed by atoms with van der Waals surface area (Å²) in [6, 6.07) is 14.9. The molecule has 132 valence electrons. The maximum Gasteiger partial charge on any atom is 0.275 e. The fourth-order valence-electron chi connectivity index (χ4n) is 2.41. The van der Waals surface area contributed by atoms with Gasteiger partial charge in [-0.25, -0.2) is 9.82 Å². The van der Waals surface area contributed by atoms with E-state index < -0.39 is 0 Å². The van der Waals surface area contributed by atoms with Gasteiger partial charge in [0.2, 0.25) is 0 Å². The molecule has 0 saturated carbocycles. The third-order valence-electron chi connectivity index (χ3n) is 3.65. The van der Waals surface area contributed by atoms with Gasteiger partial charge >= 0.3 is 0 Å². The van der Waals surface area contributed by atoms with Crippen molar-refractivity contribution in [2.24, 2.45) is 5.10 Å². The lowest BCUT2D eigenvalue weighted by molar-refractivity contribution is 0.0952. The van der Waals surface area contributed by atoms with Gasteiger partial charge in [-0.2, -0.15) is 5.10 Å². The van der Waals surface area contributed by atoms with Crippen molar-refractivity contribution in [3.8, 4) is 11.4 Å². The molecule has 0 atom stereocenters. The van der Waals surface area contributed by atoms with Gasteiger partial charge in [-0.1, -0.05) is 15.9 Å². The molecule has 1 N–H and O–H groups in total. The number of hydrogen-bond donors (Lipinski definition) is 1. The largest absolute Gasteiger partial charge is 0.496 e. The molecular weight excluding hydrogens is 401 g/mol. The van der Waals surface area contributed by atoms with E-state index >= 15 is 0 Å². The van der Waals surface area contributed by atoms with Crippen LogP contribution in [0.4, 0.5) is 4.39 Å². The van der Waals surface area contributed by atoms with Crippen LogP contribution >= 0.6 is 15.9 Å². The molecule has 0 aliphatic heterocycles. The maximum absolute atomic E-state index is 13.1. The minimum atomic E-state index is -0.390. The minimum absolute atomic E-state index is 0.300. The van der Waals surface area contributed by atoms with Crippen molar-refractivity contribution in [2.45, 2.75) is 0 Å². The molecule has 3 rings (SSSR count). The third-order valence-corrected chi connectivity index (χ3v) is 4.15. The van der Waals surface area contributed by atoms with E-state index in [2.05, 4.69) is 26.5 Å². The van der Waals surface area contributed by atoms with Gasteiger partial charge in [-0.05, 0) is 54.6 Å². The number of methoxy groups -OCH3 is 1. The molecule has 1 amide bonds. The average Bonchev–Trinajstić information content (AvgIpc) is 3.10. The second kappa shape index (κ2) is 7.97. The Morgan fingerprint density at radius 2 is 2.00 bits per heavy atom. The lowest BCUT2D eigenvalue weighted by atomic mass is 10.2. The molecule has 1 heterocycles. The van der Waals surface area contributed by atoms with Gasteiger partial charge in [-0.3, -0.25) is 4.79 Å². The van der Waals surface area contributed by atoms with Crippen LogP contribution in [0.15, 0.2) is 70.4 Å². The van der Waals surface area contributed by atoms with Gasteiger partial charge < -0.3 is 9.30 Å². The highest BCUT2D eigenvalue weighted by molar-refractivity contribution is 9.10. The summed E-state index contributed by atoms with van der Waals surface area (Å²) in [6.45, 7) is 0. The number of halogens is 2. The van der Waals surface area contributed by atoms with Crippen LogP contribution in [-0.2, 0) is 0 Å². The van der Waals surface area contributed by atoms with Gasteiger partial charge in [0.25, 0.3) is 5.91 Å². The van der Waals surface area contributed by atoms with Gasteiger partial charge in [-0.15, -0.1) is 0 Å². The highest BCUT2D eigenvalue weighted by Crippen LogP contribution is 2.22. The number of carbonyl (C=O) groups is 1. The molecule has 0 unspecified atom stereocenters. The zero-order valence-corrected chi connectivity index (χ0v) is 15.4. The van der Waals surface area contributed by atoms with Crippen LogP contribution in [0.1, 0.15) is 16.1 Å². The maximum atomic E-state index is 13.1. The van der Waals surface area contributed by atoms with Crippen molar-refractivity contribution in [3.05, 3.63) is 82.3 Å². The van der Waals surface area contributed by atoms with Crippen LogP contribution in [-0.4, -0.2) is 23.8 Å². The quantitative estimate of drug-likeness (QED) is 0.502. The SMILES string of the molecule is COc1ccc(Br)cc1C(=O)N/N=C\c1cccn1-c1ccc(F)cc1. The van der Waals surface area contributed by atoms with Crippen LogP contribution < -0.4 is 10.2 Å². The predicted octanol–water partition coefficient (Wildman–Crippen LogP) is 4.15. The van der Waals surface area contributed by atoms with E-state index in [-0.39, 0.29) is 11.7 Å². The predicted molar refractivity (Wildman–Crippen MR) is 101 cm³/mol. The number of amides is 1. The van der Waals surface area contributed by atoms with E-state index in [9.17, 15) is 9.18 Å². The van der Waals surface area contributed by atoms with Gasteiger partial charge in [0.1, 0.15) is 11.6 Å². The van der Waals surface area contributed by atoms with Gasteiger partial charge in [0.15, 0.2) is 0 Å². The van der Waals surface area contributed by atoms with Gasteiger partial charge in [0.05, 0.1) is 24.6 Å². The third kappa shape index (κ3) is 4.00. The zero-order valence-electron chi connectivity index (χ0n) is 13.8. The molecule has 0 radical (unpaired) electrons. The Morgan fingerprint density at radius 3 is 2.73 bits per heavy atom. The fraction of sp³-hybridized carbons (Fsp3) is 0.0526. The number of nitrogens with zero attached hydrogens (tertiary/aromatic N) is 2. The van der Waals surface area contributed by atoms with Crippen molar-refractivity contribution < 1.29 is 13.9 Å². The molecule has 0 saturated heterocycles. The highest BCUT2D eigenvalue weighted by Gasteiger charge is 2.12. The number of ether oxygens (including phenoxy) is 1. The van der Waals surface area contributed by atoms with Crippen LogP contribution in [0, 0.1) is 5.82 Å². The standard InChI is InChI=1S/C19H15BrFN3O2/c1-26-18-9-4-13(20)11-17(18)19(25)23-22-12-16-3-2-10-24(16)15-7-5-14(21)6-8-15/h2-12H,1H3,(H,23,25)/b22-12-. The second-order valence-corrected chi connectivity index (χ2v) is 6.24. The van der Waals surface area contributed by atoms with Crippen LogP contribution in [0.25, 0.3) is 5.69 Å². The minimum Gasteiger partial charge on any atom is -0.496 e. The molecule has 0 aliphatic carbocycles. The van der Waals surface area contributed by atoms with Crippen LogP contribution in [0.2, 0.25) is 0 Å². The van der Waals surface area contributed by atoms with E-state index in [4.69, 9.17) is 4.74 Å². The average molecular weight is 416 g/mol. The molecule has 7 heteroatoms. The second-order valence-electron chi connectivity index (χ2n) is 5.32. The summed E-state index contributed by atoms with van der Waals surface area (Å²) >= 11 is 3.33. The first-order chi connectivity index (χ1) is 12.6. The molecule has 5 nitrogen and oxygen atoms in total. The first kappa shape index (κ1) is 17.9. The first-order valence-corrected chi connectivity index (χ1v) is 8.48. The van der Waals surface area contributed by atoms with E-state index in [1.807, 2.05) is 22.9 Å². The Hall–Kier alpha value is -2.93. The molecule has 0 bridgehead atoms. The number of benzene rings is 2. The summed E-state index contributed by atoms with van der Waals surface area (Å²) in [6.07, 6.45) is 3.35. The summed E-state index contributed by atoms with van der Waals surface area (Å²) < 4.78 is 20.9. The molecule has 0 spiro atoms. The summed E-state index contributed by atoms with van der Waals surface area (Å²) in [4.78, 5) is 12.3. The molecule has 1 aromatic heterocycles.